The third-order valence-corrected chi connectivity index (χ3v) is 3.02. The number of rotatable bonds is 2. The summed E-state index contributed by atoms with van der Waals surface area (Å²) < 4.78 is 33.7. The van der Waals surface area contributed by atoms with Crippen LogP contribution >= 0.6 is 11.6 Å². The molecule has 1 aromatic carbocycles. The van der Waals surface area contributed by atoms with Crippen molar-refractivity contribution in [2.24, 2.45) is 0 Å². The largest absolute Gasteiger partial charge is 0.478 e. The van der Waals surface area contributed by atoms with Crippen molar-refractivity contribution in [1.82, 2.24) is 0 Å². The molecule has 15 heavy (non-hydrogen) atoms. The minimum Gasteiger partial charge on any atom is -0.478 e. The lowest BCUT2D eigenvalue weighted by Gasteiger charge is -2.04. The first-order valence-electron chi connectivity index (χ1n) is 3.71. The molecule has 0 aliphatic carbocycles. The SMILES string of the molecule is Cc1c(Cl)cc(S(=O)(=O)F)cc1C(=O)O. The highest BCUT2D eigenvalue weighted by Gasteiger charge is 2.19. The zero-order valence-electron chi connectivity index (χ0n) is 7.49. The maximum Gasteiger partial charge on any atom is 0.336 e. The van der Waals surface area contributed by atoms with Crippen LogP contribution in [0.15, 0.2) is 17.0 Å². The molecule has 0 aromatic heterocycles. The first kappa shape index (κ1) is 11.9. The van der Waals surface area contributed by atoms with E-state index in [2.05, 4.69) is 0 Å². The van der Waals surface area contributed by atoms with Crippen LogP contribution in [0, 0.1) is 6.92 Å². The van der Waals surface area contributed by atoms with Crippen molar-refractivity contribution >= 4 is 27.8 Å². The van der Waals surface area contributed by atoms with E-state index in [9.17, 15) is 17.1 Å². The van der Waals surface area contributed by atoms with E-state index in [1.54, 1.807) is 0 Å². The van der Waals surface area contributed by atoms with Crippen molar-refractivity contribution in [3.05, 3.63) is 28.3 Å². The number of carboxylic acid groups (broad SMARTS) is 1. The second-order valence-electron chi connectivity index (χ2n) is 2.82. The highest BCUT2D eigenvalue weighted by atomic mass is 35.5. The van der Waals surface area contributed by atoms with Crippen LogP contribution in [0.2, 0.25) is 5.02 Å². The lowest BCUT2D eigenvalue weighted by atomic mass is 10.1. The summed E-state index contributed by atoms with van der Waals surface area (Å²) in [5, 5.41) is 8.60. The summed E-state index contributed by atoms with van der Waals surface area (Å²) in [6.07, 6.45) is 0. The zero-order valence-corrected chi connectivity index (χ0v) is 9.06. The van der Waals surface area contributed by atoms with Gasteiger partial charge in [-0.05, 0) is 24.6 Å². The molecule has 0 aliphatic rings. The highest BCUT2D eigenvalue weighted by Crippen LogP contribution is 2.25. The molecule has 4 nitrogen and oxygen atoms in total. The second kappa shape index (κ2) is 3.79. The summed E-state index contributed by atoms with van der Waals surface area (Å²) in [4.78, 5) is 9.92. The van der Waals surface area contributed by atoms with E-state index in [4.69, 9.17) is 16.7 Å². The second-order valence-corrected chi connectivity index (χ2v) is 4.57. The Morgan fingerprint density at radius 1 is 1.47 bits per heavy atom. The predicted molar refractivity (Wildman–Crippen MR) is 51.4 cm³/mol. The van der Waals surface area contributed by atoms with Crippen molar-refractivity contribution < 1.29 is 22.2 Å². The Morgan fingerprint density at radius 2 is 2.00 bits per heavy atom. The summed E-state index contributed by atoms with van der Waals surface area (Å²) in [5.41, 5.74) is -0.143. The lowest BCUT2D eigenvalue weighted by Crippen LogP contribution is -2.03. The van der Waals surface area contributed by atoms with Crippen molar-refractivity contribution in [3.63, 3.8) is 0 Å². The third-order valence-electron chi connectivity index (χ3n) is 1.83. The van der Waals surface area contributed by atoms with Crippen molar-refractivity contribution in [1.29, 1.82) is 0 Å². The van der Waals surface area contributed by atoms with Gasteiger partial charge in [0.05, 0.1) is 5.56 Å². The van der Waals surface area contributed by atoms with Gasteiger partial charge >= 0.3 is 16.2 Å². The van der Waals surface area contributed by atoms with Gasteiger partial charge < -0.3 is 5.11 Å². The molecule has 0 radical (unpaired) electrons. The van der Waals surface area contributed by atoms with E-state index in [1.165, 1.54) is 6.92 Å². The quantitative estimate of drug-likeness (QED) is 0.818. The maximum absolute atomic E-state index is 12.6. The molecule has 0 saturated carbocycles. The molecule has 0 bridgehead atoms. The predicted octanol–water partition coefficient (Wildman–Crippen LogP) is 2.00. The molecule has 0 fully saturated rings. The molecule has 0 aliphatic heterocycles. The Hall–Kier alpha value is -1.14. The summed E-state index contributed by atoms with van der Waals surface area (Å²) in [6, 6.07) is 1.61. The fraction of sp³-hybridized carbons (Fsp3) is 0.125. The monoisotopic (exact) mass is 252 g/mol. The Kier molecular flexibility index (Phi) is 3.01. The van der Waals surface area contributed by atoms with Gasteiger partial charge in [0.2, 0.25) is 0 Å². The average Bonchev–Trinajstić information content (AvgIpc) is 2.06. The first-order chi connectivity index (χ1) is 6.73. The summed E-state index contributed by atoms with van der Waals surface area (Å²) in [7, 11) is -4.95. The summed E-state index contributed by atoms with van der Waals surface area (Å²) >= 11 is 5.57. The van der Waals surface area contributed by atoms with Gasteiger partial charge in [-0.1, -0.05) is 11.6 Å². The zero-order chi connectivity index (χ0) is 11.8. The highest BCUT2D eigenvalue weighted by molar-refractivity contribution is 7.86. The molecule has 1 aromatic rings. The van der Waals surface area contributed by atoms with Crippen LogP contribution in [-0.4, -0.2) is 19.5 Å². The molecule has 7 heteroatoms. The summed E-state index contributed by atoms with van der Waals surface area (Å²) in [5.74, 6) is -1.36. The van der Waals surface area contributed by atoms with Crippen LogP contribution in [0.25, 0.3) is 0 Å². The van der Waals surface area contributed by atoms with E-state index >= 15 is 0 Å². The molecule has 82 valence electrons. The Balaban J connectivity index is 3.57. The van der Waals surface area contributed by atoms with Crippen molar-refractivity contribution in [2.75, 3.05) is 0 Å². The maximum atomic E-state index is 12.6. The molecule has 1 rings (SSSR count). The minimum absolute atomic E-state index is 0.105. The molecule has 0 atom stereocenters. The van der Waals surface area contributed by atoms with Crippen LogP contribution in [0.1, 0.15) is 15.9 Å². The van der Waals surface area contributed by atoms with Crippen molar-refractivity contribution in [2.45, 2.75) is 11.8 Å². The van der Waals surface area contributed by atoms with Gasteiger partial charge in [0.1, 0.15) is 4.90 Å². The third kappa shape index (κ3) is 2.45. The van der Waals surface area contributed by atoms with Gasteiger partial charge in [0.25, 0.3) is 0 Å². The number of benzene rings is 1. The van der Waals surface area contributed by atoms with Gasteiger partial charge in [-0.3, -0.25) is 0 Å². The first-order valence-corrected chi connectivity index (χ1v) is 5.47. The number of carbonyl (C=O) groups is 1. The fourth-order valence-electron chi connectivity index (χ4n) is 1.02. The van der Waals surface area contributed by atoms with Crippen LogP contribution in [0.4, 0.5) is 3.89 Å². The molecular formula is C8H6ClFO4S. The van der Waals surface area contributed by atoms with Crippen LogP contribution in [0.3, 0.4) is 0 Å². The normalized spacial score (nSPS) is 11.4. The van der Waals surface area contributed by atoms with Gasteiger partial charge in [-0.2, -0.15) is 8.42 Å². The number of hydrogen-bond acceptors (Lipinski definition) is 3. The number of hydrogen-bond donors (Lipinski definition) is 1. The fourth-order valence-corrected chi connectivity index (χ4v) is 1.82. The number of halogens is 2. The van der Waals surface area contributed by atoms with Gasteiger partial charge in [0.15, 0.2) is 0 Å². The Labute approximate surface area is 90.5 Å². The molecular weight excluding hydrogens is 247 g/mol. The van der Waals surface area contributed by atoms with Crippen LogP contribution in [0.5, 0.6) is 0 Å². The van der Waals surface area contributed by atoms with Crippen LogP contribution < -0.4 is 0 Å². The molecule has 0 amide bonds. The van der Waals surface area contributed by atoms with E-state index < -0.39 is 21.1 Å². The molecule has 1 N–H and O–H groups in total. The molecule has 0 saturated heterocycles. The van der Waals surface area contributed by atoms with E-state index in [-0.39, 0.29) is 16.1 Å². The summed E-state index contributed by atoms with van der Waals surface area (Å²) in [6.45, 7) is 1.40. The number of carboxylic acids is 1. The topological polar surface area (TPSA) is 71.4 Å². The number of aromatic carboxylic acids is 1. The molecule has 0 unspecified atom stereocenters. The smallest absolute Gasteiger partial charge is 0.336 e. The van der Waals surface area contributed by atoms with Gasteiger partial charge in [0, 0.05) is 5.02 Å². The lowest BCUT2D eigenvalue weighted by molar-refractivity contribution is 0.0696. The van der Waals surface area contributed by atoms with Crippen LogP contribution in [-0.2, 0) is 10.2 Å². The van der Waals surface area contributed by atoms with E-state index in [0.717, 1.165) is 12.1 Å². The van der Waals surface area contributed by atoms with Crippen molar-refractivity contribution in [3.8, 4) is 0 Å². The van der Waals surface area contributed by atoms with Gasteiger partial charge in [-0.15, -0.1) is 3.89 Å². The standard InChI is InChI=1S/C8H6ClFO4S/c1-4-6(8(11)12)2-5(3-7(4)9)15(10,13)14/h2-3H,1H3,(H,11,12). The molecule has 0 spiro atoms. The Bertz CT molecular complexity index is 524. The van der Waals surface area contributed by atoms with Gasteiger partial charge in [-0.25, -0.2) is 4.79 Å². The van der Waals surface area contributed by atoms with E-state index in [0.29, 0.717) is 0 Å². The Morgan fingerprint density at radius 3 is 2.40 bits per heavy atom. The minimum atomic E-state index is -4.95. The molecule has 0 heterocycles. The van der Waals surface area contributed by atoms with E-state index in [1.807, 2.05) is 0 Å². The average molecular weight is 253 g/mol.